The Kier molecular flexibility index (Phi) is 2.58. The van der Waals surface area contributed by atoms with Crippen LogP contribution in [0.4, 0.5) is 0 Å². The molecule has 2 rings (SSSR count). The number of aromatic hydroxyl groups is 1. The van der Waals surface area contributed by atoms with Gasteiger partial charge in [0.05, 0.1) is 7.11 Å². The Balaban J connectivity index is 2.30. The van der Waals surface area contributed by atoms with Crippen molar-refractivity contribution in [2.75, 3.05) is 13.7 Å². The van der Waals surface area contributed by atoms with Crippen LogP contribution in [0.15, 0.2) is 18.2 Å². The molecule has 3 nitrogen and oxygen atoms in total. The van der Waals surface area contributed by atoms with Crippen LogP contribution in [0.5, 0.6) is 11.5 Å². The average Bonchev–Trinajstić information content (AvgIpc) is 2.81. The van der Waals surface area contributed by atoms with Crippen LogP contribution in [0.1, 0.15) is 25.3 Å². The van der Waals surface area contributed by atoms with Crippen molar-refractivity contribution in [1.29, 1.82) is 0 Å². The number of hydrogen-bond donors (Lipinski definition) is 2. The van der Waals surface area contributed by atoms with E-state index in [9.17, 15) is 5.11 Å². The average molecular weight is 221 g/mol. The second kappa shape index (κ2) is 3.67. The van der Waals surface area contributed by atoms with E-state index in [1.165, 1.54) is 5.56 Å². The van der Waals surface area contributed by atoms with E-state index >= 15 is 0 Å². The quantitative estimate of drug-likeness (QED) is 0.821. The molecule has 1 aliphatic rings. The summed E-state index contributed by atoms with van der Waals surface area (Å²) in [6.45, 7) is 5.17. The predicted molar refractivity (Wildman–Crippen MR) is 63.7 cm³/mol. The van der Waals surface area contributed by atoms with E-state index in [4.69, 9.17) is 10.5 Å². The summed E-state index contributed by atoms with van der Waals surface area (Å²) in [7, 11) is 1.57. The summed E-state index contributed by atoms with van der Waals surface area (Å²) in [5, 5.41) is 9.54. The first-order chi connectivity index (χ1) is 7.52. The zero-order valence-electron chi connectivity index (χ0n) is 10.0. The standard InChI is InChI=1S/C13H19NO2/c1-13(2)9(7-14)12(13)8-4-5-10(15)11(6-8)16-3/h4-6,9,12,15H,7,14H2,1-3H3/t9-,12-/m1/s1. The topological polar surface area (TPSA) is 55.5 Å². The minimum absolute atomic E-state index is 0.189. The first kappa shape index (κ1) is 11.3. The lowest BCUT2D eigenvalue weighted by molar-refractivity contribution is 0.373. The highest BCUT2D eigenvalue weighted by Crippen LogP contribution is 2.64. The molecule has 0 amide bonds. The molecule has 88 valence electrons. The van der Waals surface area contributed by atoms with Gasteiger partial charge >= 0.3 is 0 Å². The molecule has 1 aliphatic carbocycles. The smallest absolute Gasteiger partial charge is 0.160 e. The Morgan fingerprint density at radius 2 is 2.12 bits per heavy atom. The lowest BCUT2D eigenvalue weighted by Crippen LogP contribution is -2.05. The lowest BCUT2D eigenvalue weighted by atomic mass is 10.0. The van der Waals surface area contributed by atoms with Crippen LogP contribution in [0.3, 0.4) is 0 Å². The SMILES string of the molecule is COc1cc([C@@H]2[C@@H](CN)C2(C)C)ccc1O. The number of rotatable bonds is 3. The first-order valence-electron chi connectivity index (χ1n) is 5.59. The zero-order chi connectivity index (χ0) is 11.9. The fourth-order valence-electron chi connectivity index (χ4n) is 2.73. The number of nitrogens with two attached hydrogens (primary N) is 1. The van der Waals surface area contributed by atoms with E-state index < -0.39 is 0 Å². The van der Waals surface area contributed by atoms with Crippen LogP contribution in [-0.2, 0) is 0 Å². The molecule has 1 aromatic carbocycles. The third-order valence-electron chi connectivity index (χ3n) is 3.87. The summed E-state index contributed by atoms with van der Waals surface area (Å²) >= 11 is 0. The summed E-state index contributed by atoms with van der Waals surface area (Å²) in [5.74, 6) is 1.73. The van der Waals surface area contributed by atoms with Crippen LogP contribution in [0.2, 0.25) is 0 Å². The molecule has 0 aromatic heterocycles. The van der Waals surface area contributed by atoms with Crippen molar-refractivity contribution >= 4 is 0 Å². The van der Waals surface area contributed by atoms with Gasteiger partial charge in [0.2, 0.25) is 0 Å². The van der Waals surface area contributed by atoms with Crippen LogP contribution in [0.25, 0.3) is 0 Å². The summed E-state index contributed by atoms with van der Waals surface area (Å²) in [5.41, 5.74) is 7.22. The molecular formula is C13H19NO2. The number of ether oxygens (including phenoxy) is 1. The third-order valence-corrected chi connectivity index (χ3v) is 3.87. The van der Waals surface area contributed by atoms with Gasteiger partial charge in [-0.3, -0.25) is 0 Å². The monoisotopic (exact) mass is 221 g/mol. The van der Waals surface area contributed by atoms with Gasteiger partial charge in [-0.1, -0.05) is 19.9 Å². The largest absolute Gasteiger partial charge is 0.504 e. The van der Waals surface area contributed by atoms with Crippen molar-refractivity contribution in [2.24, 2.45) is 17.1 Å². The fraction of sp³-hybridized carbons (Fsp3) is 0.538. The molecule has 1 fully saturated rings. The molecule has 3 heteroatoms. The van der Waals surface area contributed by atoms with Gasteiger partial charge in [-0.2, -0.15) is 0 Å². The Hall–Kier alpha value is -1.22. The van der Waals surface area contributed by atoms with Crippen molar-refractivity contribution in [3.63, 3.8) is 0 Å². The van der Waals surface area contributed by atoms with E-state index in [1.54, 1.807) is 13.2 Å². The molecule has 16 heavy (non-hydrogen) atoms. The second-order valence-electron chi connectivity index (χ2n) is 5.07. The van der Waals surface area contributed by atoms with Crippen molar-refractivity contribution in [3.05, 3.63) is 23.8 Å². The van der Waals surface area contributed by atoms with Gasteiger partial charge in [0.25, 0.3) is 0 Å². The minimum atomic E-state index is 0.189. The van der Waals surface area contributed by atoms with Gasteiger partial charge in [-0.25, -0.2) is 0 Å². The highest BCUT2D eigenvalue weighted by atomic mass is 16.5. The number of methoxy groups -OCH3 is 1. The van der Waals surface area contributed by atoms with Crippen LogP contribution in [0, 0.1) is 11.3 Å². The molecule has 1 saturated carbocycles. The summed E-state index contributed by atoms with van der Waals surface area (Å²) in [6.07, 6.45) is 0. The van der Waals surface area contributed by atoms with Gasteiger partial charge in [0.1, 0.15) is 0 Å². The van der Waals surface area contributed by atoms with E-state index in [-0.39, 0.29) is 11.2 Å². The summed E-state index contributed by atoms with van der Waals surface area (Å²) in [4.78, 5) is 0. The Labute approximate surface area is 96.2 Å². The minimum Gasteiger partial charge on any atom is -0.504 e. The molecule has 3 N–H and O–H groups in total. The summed E-state index contributed by atoms with van der Waals surface area (Å²) < 4.78 is 5.12. The van der Waals surface area contributed by atoms with E-state index in [2.05, 4.69) is 13.8 Å². The van der Waals surface area contributed by atoms with Crippen LogP contribution < -0.4 is 10.5 Å². The van der Waals surface area contributed by atoms with Crippen molar-refractivity contribution < 1.29 is 9.84 Å². The molecule has 0 radical (unpaired) electrons. The van der Waals surface area contributed by atoms with Gasteiger partial charge in [-0.15, -0.1) is 0 Å². The van der Waals surface area contributed by atoms with Gasteiger partial charge in [-0.05, 0) is 41.5 Å². The second-order valence-corrected chi connectivity index (χ2v) is 5.07. The van der Waals surface area contributed by atoms with Crippen molar-refractivity contribution in [3.8, 4) is 11.5 Å². The van der Waals surface area contributed by atoms with Crippen molar-refractivity contribution in [2.45, 2.75) is 19.8 Å². The zero-order valence-corrected chi connectivity index (χ0v) is 10.0. The number of benzene rings is 1. The molecule has 0 aliphatic heterocycles. The molecule has 0 saturated heterocycles. The molecule has 0 heterocycles. The highest BCUT2D eigenvalue weighted by Gasteiger charge is 2.57. The van der Waals surface area contributed by atoms with Gasteiger partial charge in [0, 0.05) is 0 Å². The van der Waals surface area contributed by atoms with Gasteiger partial charge < -0.3 is 15.6 Å². The molecular weight excluding hydrogens is 202 g/mol. The van der Waals surface area contributed by atoms with Gasteiger partial charge in [0.15, 0.2) is 11.5 Å². The molecule has 0 bridgehead atoms. The summed E-state index contributed by atoms with van der Waals surface area (Å²) in [6, 6.07) is 5.56. The van der Waals surface area contributed by atoms with Crippen LogP contribution >= 0.6 is 0 Å². The lowest BCUT2D eigenvalue weighted by Gasteiger charge is -2.07. The van der Waals surface area contributed by atoms with Crippen molar-refractivity contribution in [1.82, 2.24) is 0 Å². The van der Waals surface area contributed by atoms with Crippen LogP contribution in [-0.4, -0.2) is 18.8 Å². The molecule has 1 aromatic rings. The Bertz CT molecular complexity index is 401. The molecule has 0 spiro atoms. The van der Waals surface area contributed by atoms with E-state index in [0.29, 0.717) is 24.1 Å². The number of hydrogen-bond acceptors (Lipinski definition) is 3. The molecule has 2 atom stereocenters. The highest BCUT2D eigenvalue weighted by molar-refractivity contribution is 5.45. The Morgan fingerprint density at radius 1 is 1.44 bits per heavy atom. The molecule has 0 unspecified atom stereocenters. The van der Waals surface area contributed by atoms with E-state index in [0.717, 1.165) is 0 Å². The third kappa shape index (κ3) is 1.55. The maximum absolute atomic E-state index is 9.54. The van der Waals surface area contributed by atoms with E-state index in [1.807, 2.05) is 12.1 Å². The number of phenolic OH excluding ortho intramolecular Hbond substituents is 1. The first-order valence-corrected chi connectivity index (χ1v) is 5.59. The Morgan fingerprint density at radius 3 is 2.62 bits per heavy atom. The number of phenols is 1. The maximum atomic E-state index is 9.54. The maximum Gasteiger partial charge on any atom is 0.160 e. The predicted octanol–water partition coefficient (Wildman–Crippen LogP) is 2.10. The normalized spacial score (nSPS) is 26.5. The fourth-order valence-corrected chi connectivity index (χ4v) is 2.73.